The van der Waals surface area contributed by atoms with Gasteiger partial charge in [-0.15, -0.1) is 11.3 Å². The summed E-state index contributed by atoms with van der Waals surface area (Å²) < 4.78 is 11.3. The molecule has 0 amide bonds. The maximum absolute atomic E-state index is 5.95. The highest BCUT2D eigenvalue weighted by Gasteiger charge is 2.31. The molecule has 2 aliphatic rings. The molecule has 4 rings (SSSR count). The van der Waals surface area contributed by atoms with Crippen LogP contribution in [0.15, 0.2) is 9.90 Å². The molecule has 2 aromatic rings. The van der Waals surface area contributed by atoms with Crippen molar-refractivity contribution < 1.29 is 9.26 Å². The first-order chi connectivity index (χ1) is 11.5. The Morgan fingerprint density at radius 2 is 2.12 bits per heavy atom. The Bertz CT molecular complexity index is 702. The third-order valence-electron chi connectivity index (χ3n) is 4.49. The molecule has 6 nitrogen and oxygen atoms in total. The molecule has 2 fully saturated rings. The molecule has 1 aliphatic carbocycles. The Morgan fingerprint density at radius 3 is 2.83 bits per heavy atom. The summed E-state index contributed by atoms with van der Waals surface area (Å²) in [7, 11) is 0. The van der Waals surface area contributed by atoms with Crippen LogP contribution in [0.5, 0.6) is 0 Å². The van der Waals surface area contributed by atoms with Crippen molar-refractivity contribution in [3.8, 4) is 0 Å². The van der Waals surface area contributed by atoms with E-state index in [9.17, 15) is 0 Å². The monoisotopic (exact) mass is 348 g/mol. The summed E-state index contributed by atoms with van der Waals surface area (Å²) in [4.78, 5) is 11.7. The number of nitrogens with zero attached hydrogens (tertiary/aromatic N) is 4. The second-order valence-corrected chi connectivity index (χ2v) is 8.63. The number of ether oxygens (including phenoxy) is 1. The molecule has 0 N–H and O–H groups in total. The molecular weight excluding hydrogens is 324 g/mol. The minimum atomic E-state index is 0.0367. The van der Waals surface area contributed by atoms with Crippen LogP contribution < -0.4 is 0 Å². The van der Waals surface area contributed by atoms with Gasteiger partial charge in [0.2, 0.25) is 5.89 Å². The van der Waals surface area contributed by atoms with Crippen LogP contribution in [0.3, 0.4) is 0 Å². The summed E-state index contributed by atoms with van der Waals surface area (Å²) in [6, 6.07) is 0. The van der Waals surface area contributed by atoms with Crippen LogP contribution in [0.2, 0.25) is 0 Å². The van der Waals surface area contributed by atoms with E-state index >= 15 is 0 Å². The van der Waals surface area contributed by atoms with Crippen molar-refractivity contribution in [1.82, 2.24) is 20.0 Å². The second kappa shape index (κ2) is 6.20. The van der Waals surface area contributed by atoms with Gasteiger partial charge in [-0.3, -0.25) is 4.90 Å². The van der Waals surface area contributed by atoms with Crippen LogP contribution in [-0.2, 0) is 16.7 Å². The third kappa shape index (κ3) is 3.53. The van der Waals surface area contributed by atoms with Gasteiger partial charge < -0.3 is 9.26 Å². The van der Waals surface area contributed by atoms with Gasteiger partial charge in [0.1, 0.15) is 11.1 Å². The number of rotatable bonds is 4. The van der Waals surface area contributed by atoms with Crippen molar-refractivity contribution >= 4 is 11.3 Å². The molecular formula is C17H24N4O2S. The second-order valence-electron chi connectivity index (χ2n) is 7.74. The van der Waals surface area contributed by atoms with Gasteiger partial charge in [-0.1, -0.05) is 25.9 Å². The van der Waals surface area contributed by atoms with Gasteiger partial charge in [0.05, 0.1) is 18.8 Å². The standard InChI is InChI=1S/C17H24N4O2S/c1-17(2,3)13-10-24-16(18-13)12-8-21(6-7-22-12)9-14-19-15(23-20-14)11-4-5-11/h10-12H,4-9H2,1-3H3/t12-/m1/s1. The number of morpholine rings is 1. The molecule has 1 aliphatic heterocycles. The topological polar surface area (TPSA) is 64.3 Å². The molecule has 7 heteroatoms. The van der Waals surface area contributed by atoms with Gasteiger partial charge in [0, 0.05) is 29.8 Å². The van der Waals surface area contributed by atoms with Crippen molar-refractivity contribution in [3.63, 3.8) is 0 Å². The highest BCUT2D eigenvalue weighted by Crippen LogP contribution is 2.39. The van der Waals surface area contributed by atoms with E-state index in [0.717, 1.165) is 35.5 Å². The summed E-state index contributed by atoms with van der Waals surface area (Å²) in [5.41, 5.74) is 1.21. The third-order valence-corrected chi connectivity index (χ3v) is 5.43. The van der Waals surface area contributed by atoms with Crippen LogP contribution in [-0.4, -0.2) is 39.7 Å². The maximum Gasteiger partial charge on any atom is 0.229 e. The van der Waals surface area contributed by atoms with E-state index in [4.69, 9.17) is 14.2 Å². The van der Waals surface area contributed by atoms with Gasteiger partial charge in [0.25, 0.3) is 0 Å². The molecule has 130 valence electrons. The zero-order chi connectivity index (χ0) is 16.7. The minimum absolute atomic E-state index is 0.0367. The number of hydrogen-bond donors (Lipinski definition) is 0. The zero-order valence-corrected chi connectivity index (χ0v) is 15.3. The lowest BCUT2D eigenvalue weighted by molar-refractivity contribution is -0.0340. The summed E-state index contributed by atoms with van der Waals surface area (Å²) in [5, 5.41) is 7.34. The van der Waals surface area contributed by atoms with Gasteiger partial charge in [-0.2, -0.15) is 4.98 Å². The highest BCUT2D eigenvalue weighted by molar-refractivity contribution is 7.09. The number of aromatic nitrogens is 3. The molecule has 0 unspecified atom stereocenters. The molecule has 2 aromatic heterocycles. The van der Waals surface area contributed by atoms with E-state index in [0.29, 0.717) is 19.1 Å². The number of thiazole rings is 1. The van der Waals surface area contributed by atoms with E-state index in [2.05, 4.69) is 41.2 Å². The van der Waals surface area contributed by atoms with Gasteiger partial charge in [0.15, 0.2) is 5.82 Å². The van der Waals surface area contributed by atoms with Crippen molar-refractivity contribution in [1.29, 1.82) is 0 Å². The van der Waals surface area contributed by atoms with E-state index in [1.54, 1.807) is 11.3 Å². The molecule has 3 heterocycles. The summed E-state index contributed by atoms with van der Waals surface area (Å²) in [5.74, 6) is 2.10. The fourth-order valence-electron chi connectivity index (χ4n) is 2.80. The smallest absolute Gasteiger partial charge is 0.229 e. The Morgan fingerprint density at radius 1 is 1.29 bits per heavy atom. The van der Waals surface area contributed by atoms with Crippen LogP contribution in [0.1, 0.15) is 68.1 Å². The van der Waals surface area contributed by atoms with Gasteiger partial charge in [-0.25, -0.2) is 4.98 Å². The largest absolute Gasteiger partial charge is 0.368 e. The fourth-order valence-corrected chi connectivity index (χ4v) is 3.89. The number of hydrogen-bond acceptors (Lipinski definition) is 7. The van der Waals surface area contributed by atoms with E-state index in [-0.39, 0.29) is 11.5 Å². The lowest BCUT2D eigenvalue weighted by atomic mass is 9.93. The Balaban J connectivity index is 1.40. The lowest BCUT2D eigenvalue weighted by Crippen LogP contribution is -2.38. The average Bonchev–Trinajstić information content (AvgIpc) is 3.08. The summed E-state index contributed by atoms with van der Waals surface area (Å²) in [6.07, 6.45) is 2.40. The lowest BCUT2D eigenvalue weighted by Gasteiger charge is -2.31. The predicted octanol–water partition coefficient (Wildman–Crippen LogP) is 3.27. The highest BCUT2D eigenvalue weighted by atomic mass is 32.1. The molecule has 0 spiro atoms. The molecule has 1 atom stereocenters. The van der Waals surface area contributed by atoms with Crippen molar-refractivity contribution in [2.24, 2.45) is 0 Å². The van der Waals surface area contributed by atoms with Crippen molar-refractivity contribution in [2.45, 2.75) is 57.6 Å². The summed E-state index contributed by atoms with van der Waals surface area (Å²) >= 11 is 1.70. The van der Waals surface area contributed by atoms with E-state index in [1.807, 2.05) is 0 Å². The molecule has 1 saturated heterocycles. The van der Waals surface area contributed by atoms with Crippen molar-refractivity contribution in [2.75, 3.05) is 19.7 Å². The first kappa shape index (κ1) is 16.2. The quantitative estimate of drug-likeness (QED) is 0.845. The molecule has 1 saturated carbocycles. The van der Waals surface area contributed by atoms with Crippen LogP contribution in [0, 0.1) is 0 Å². The van der Waals surface area contributed by atoms with Crippen molar-refractivity contribution in [3.05, 3.63) is 27.8 Å². The maximum atomic E-state index is 5.95. The Kier molecular flexibility index (Phi) is 4.18. The average molecular weight is 348 g/mol. The molecule has 0 aromatic carbocycles. The fraction of sp³-hybridized carbons (Fsp3) is 0.706. The Labute approximate surface area is 146 Å². The van der Waals surface area contributed by atoms with Crippen LogP contribution in [0.4, 0.5) is 0 Å². The van der Waals surface area contributed by atoms with Crippen LogP contribution in [0.25, 0.3) is 0 Å². The first-order valence-corrected chi connectivity index (χ1v) is 9.49. The van der Waals surface area contributed by atoms with Gasteiger partial charge >= 0.3 is 0 Å². The predicted molar refractivity (Wildman–Crippen MR) is 91.1 cm³/mol. The Hall–Kier alpha value is -1.31. The van der Waals surface area contributed by atoms with E-state index in [1.165, 1.54) is 12.8 Å². The molecule has 0 bridgehead atoms. The van der Waals surface area contributed by atoms with Crippen LogP contribution >= 0.6 is 11.3 Å². The van der Waals surface area contributed by atoms with E-state index < -0.39 is 0 Å². The zero-order valence-electron chi connectivity index (χ0n) is 14.5. The summed E-state index contributed by atoms with van der Waals surface area (Å²) in [6.45, 7) is 9.70. The molecule has 0 radical (unpaired) electrons. The first-order valence-electron chi connectivity index (χ1n) is 8.61. The molecule has 24 heavy (non-hydrogen) atoms. The normalized spacial score (nSPS) is 22.9. The van der Waals surface area contributed by atoms with Gasteiger partial charge in [-0.05, 0) is 12.8 Å². The SMILES string of the molecule is CC(C)(C)c1csc([C@H]2CN(Cc3noc(C4CC4)n3)CCO2)n1. The minimum Gasteiger partial charge on any atom is -0.368 e.